The van der Waals surface area contributed by atoms with Crippen LogP contribution < -0.4 is 0 Å². The van der Waals surface area contributed by atoms with Crippen molar-refractivity contribution in [1.82, 2.24) is 4.98 Å². The molecule has 1 nitrogen and oxygen atoms in total. The third-order valence-corrected chi connectivity index (χ3v) is 4.49. The summed E-state index contributed by atoms with van der Waals surface area (Å²) in [6, 6.07) is 6.36. The van der Waals surface area contributed by atoms with Gasteiger partial charge >= 0.3 is 0 Å². The summed E-state index contributed by atoms with van der Waals surface area (Å²) in [4.78, 5) is 5.90. The fourth-order valence-corrected chi connectivity index (χ4v) is 3.49. The highest BCUT2D eigenvalue weighted by atomic mass is 79.9. The molecule has 0 amide bonds. The molecule has 4 heteroatoms. The first kappa shape index (κ1) is 9.82. The summed E-state index contributed by atoms with van der Waals surface area (Å²) in [5.41, 5.74) is 3.76. The van der Waals surface area contributed by atoms with Gasteiger partial charge in [-0.05, 0) is 17.7 Å². The summed E-state index contributed by atoms with van der Waals surface area (Å²) >= 11 is 11.0. The molecule has 0 unspecified atom stereocenters. The number of alkyl halides is 1. The molecule has 0 atom stereocenters. The van der Waals surface area contributed by atoms with E-state index in [0.29, 0.717) is 5.88 Å². The van der Waals surface area contributed by atoms with Crippen LogP contribution >= 0.6 is 38.9 Å². The minimum absolute atomic E-state index is 0.517. The van der Waals surface area contributed by atoms with Crippen LogP contribution in [0.1, 0.15) is 15.4 Å². The molecule has 1 aromatic carbocycles. The third kappa shape index (κ3) is 1.53. The van der Waals surface area contributed by atoms with Gasteiger partial charge in [0.25, 0.3) is 0 Å². The Labute approximate surface area is 105 Å². The van der Waals surface area contributed by atoms with Crippen molar-refractivity contribution >= 4 is 38.9 Å². The quantitative estimate of drug-likeness (QED) is 0.613. The summed E-state index contributed by atoms with van der Waals surface area (Å²) in [6.45, 7) is 0. The Kier molecular flexibility index (Phi) is 2.34. The number of fused-ring (bicyclic) bond motifs is 3. The van der Waals surface area contributed by atoms with Crippen molar-refractivity contribution < 1.29 is 0 Å². The second-order valence-electron chi connectivity index (χ2n) is 3.49. The first-order chi connectivity index (χ1) is 7.28. The van der Waals surface area contributed by atoms with Gasteiger partial charge in [0, 0.05) is 21.3 Å². The SMILES string of the molecule is ClCc1nc2c(s1)Cc1cc(Br)ccc1-2. The number of thiazole rings is 1. The largest absolute Gasteiger partial charge is 0.240 e. The van der Waals surface area contributed by atoms with Crippen LogP contribution in [0.5, 0.6) is 0 Å². The molecule has 76 valence electrons. The monoisotopic (exact) mass is 299 g/mol. The number of aromatic nitrogens is 1. The number of halogens is 2. The Balaban J connectivity index is 2.17. The molecular weight excluding hydrogens is 294 g/mol. The predicted molar refractivity (Wildman–Crippen MR) is 67.6 cm³/mol. The van der Waals surface area contributed by atoms with E-state index >= 15 is 0 Å². The lowest BCUT2D eigenvalue weighted by molar-refractivity contribution is 1.26. The van der Waals surface area contributed by atoms with Gasteiger partial charge in [0.15, 0.2) is 0 Å². The van der Waals surface area contributed by atoms with Gasteiger partial charge < -0.3 is 0 Å². The van der Waals surface area contributed by atoms with Crippen molar-refractivity contribution in [3.63, 3.8) is 0 Å². The lowest BCUT2D eigenvalue weighted by Gasteiger charge is -1.99. The lowest BCUT2D eigenvalue weighted by Crippen LogP contribution is -1.82. The standard InChI is InChI=1S/C11H7BrClNS/c12-7-1-2-8-6(3-7)4-9-11(8)14-10(5-13)15-9/h1-3H,4-5H2. The maximum Gasteiger partial charge on any atom is 0.108 e. The van der Waals surface area contributed by atoms with Crippen LogP contribution in [0.15, 0.2) is 22.7 Å². The Hall–Kier alpha value is -0.380. The van der Waals surface area contributed by atoms with Crippen LogP contribution in [0.4, 0.5) is 0 Å². The van der Waals surface area contributed by atoms with Crippen LogP contribution in [0, 0.1) is 0 Å². The van der Waals surface area contributed by atoms with Crippen molar-refractivity contribution in [2.24, 2.45) is 0 Å². The van der Waals surface area contributed by atoms with Gasteiger partial charge in [0.2, 0.25) is 0 Å². The van der Waals surface area contributed by atoms with E-state index in [0.717, 1.165) is 21.6 Å². The van der Waals surface area contributed by atoms with Crippen molar-refractivity contribution in [2.45, 2.75) is 12.3 Å². The average Bonchev–Trinajstić information content (AvgIpc) is 2.73. The minimum atomic E-state index is 0.517. The summed E-state index contributed by atoms with van der Waals surface area (Å²) in [5.74, 6) is 0.517. The summed E-state index contributed by atoms with van der Waals surface area (Å²) in [5, 5.41) is 1.02. The molecule has 1 heterocycles. The Morgan fingerprint density at radius 3 is 3.13 bits per heavy atom. The first-order valence-electron chi connectivity index (χ1n) is 4.61. The third-order valence-electron chi connectivity index (χ3n) is 2.53. The molecule has 0 saturated heterocycles. The van der Waals surface area contributed by atoms with Crippen LogP contribution in [-0.4, -0.2) is 4.98 Å². The van der Waals surface area contributed by atoms with E-state index in [9.17, 15) is 0 Å². The summed E-state index contributed by atoms with van der Waals surface area (Å²) < 4.78 is 1.13. The fourth-order valence-electron chi connectivity index (χ4n) is 1.90. The molecule has 3 rings (SSSR count). The van der Waals surface area contributed by atoms with Crippen LogP contribution in [-0.2, 0) is 12.3 Å². The van der Waals surface area contributed by atoms with E-state index in [1.54, 1.807) is 11.3 Å². The van der Waals surface area contributed by atoms with Crippen molar-refractivity contribution in [2.75, 3.05) is 0 Å². The average molecular weight is 301 g/mol. The molecule has 0 aliphatic heterocycles. The van der Waals surface area contributed by atoms with Crippen molar-refractivity contribution in [3.05, 3.63) is 38.1 Å². The van der Waals surface area contributed by atoms with E-state index in [1.165, 1.54) is 16.0 Å². The highest BCUT2D eigenvalue weighted by Crippen LogP contribution is 2.40. The zero-order chi connectivity index (χ0) is 10.4. The molecule has 0 fully saturated rings. The number of hydrogen-bond acceptors (Lipinski definition) is 2. The highest BCUT2D eigenvalue weighted by Gasteiger charge is 2.22. The molecule has 0 spiro atoms. The number of rotatable bonds is 1. The maximum atomic E-state index is 5.79. The Morgan fingerprint density at radius 1 is 1.47 bits per heavy atom. The summed E-state index contributed by atoms with van der Waals surface area (Å²) in [7, 11) is 0. The normalized spacial score (nSPS) is 12.7. The lowest BCUT2D eigenvalue weighted by atomic mass is 10.1. The minimum Gasteiger partial charge on any atom is -0.240 e. The number of benzene rings is 1. The molecule has 2 aromatic rings. The zero-order valence-corrected chi connectivity index (χ0v) is 10.9. The molecule has 0 radical (unpaired) electrons. The molecule has 15 heavy (non-hydrogen) atoms. The van der Waals surface area contributed by atoms with E-state index in [4.69, 9.17) is 11.6 Å². The molecule has 0 bridgehead atoms. The van der Waals surface area contributed by atoms with E-state index in [-0.39, 0.29) is 0 Å². The summed E-state index contributed by atoms with van der Waals surface area (Å²) in [6.07, 6.45) is 0.999. The van der Waals surface area contributed by atoms with Crippen LogP contribution in [0.2, 0.25) is 0 Å². The van der Waals surface area contributed by atoms with Gasteiger partial charge in [-0.1, -0.05) is 22.0 Å². The van der Waals surface area contributed by atoms with Gasteiger partial charge in [-0.2, -0.15) is 0 Å². The van der Waals surface area contributed by atoms with Gasteiger partial charge in [-0.25, -0.2) is 4.98 Å². The van der Waals surface area contributed by atoms with Gasteiger partial charge in [-0.15, -0.1) is 22.9 Å². The molecule has 0 saturated carbocycles. The first-order valence-corrected chi connectivity index (χ1v) is 6.75. The molecular formula is C11H7BrClNS. The second-order valence-corrected chi connectivity index (χ2v) is 5.84. The molecule has 1 aliphatic rings. The topological polar surface area (TPSA) is 12.9 Å². The van der Waals surface area contributed by atoms with E-state index in [1.807, 2.05) is 0 Å². The van der Waals surface area contributed by atoms with Crippen molar-refractivity contribution in [3.8, 4) is 11.3 Å². The maximum absolute atomic E-state index is 5.79. The molecule has 1 aromatic heterocycles. The fraction of sp³-hybridized carbons (Fsp3) is 0.182. The molecule has 0 N–H and O–H groups in total. The van der Waals surface area contributed by atoms with Gasteiger partial charge in [-0.3, -0.25) is 0 Å². The predicted octanol–water partition coefficient (Wildman–Crippen LogP) is 4.22. The van der Waals surface area contributed by atoms with Crippen molar-refractivity contribution in [1.29, 1.82) is 0 Å². The van der Waals surface area contributed by atoms with Gasteiger partial charge in [0.05, 0.1) is 11.6 Å². The van der Waals surface area contributed by atoms with Crippen LogP contribution in [0.3, 0.4) is 0 Å². The second kappa shape index (κ2) is 3.58. The van der Waals surface area contributed by atoms with E-state index in [2.05, 4.69) is 39.1 Å². The smallest absolute Gasteiger partial charge is 0.108 e. The Morgan fingerprint density at radius 2 is 2.33 bits per heavy atom. The van der Waals surface area contributed by atoms with Gasteiger partial charge in [0.1, 0.15) is 5.01 Å². The number of nitrogens with zero attached hydrogens (tertiary/aromatic N) is 1. The number of hydrogen-bond donors (Lipinski definition) is 0. The van der Waals surface area contributed by atoms with Crippen LogP contribution in [0.25, 0.3) is 11.3 Å². The zero-order valence-electron chi connectivity index (χ0n) is 7.76. The molecule has 1 aliphatic carbocycles. The highest BCUT2D eigenvalue weighted by molar-refractivity contribution is 9.10. The van der Waals surface area contributed by atoms with E-state index < -0.39 is 0 Å². The Bertz CT molecular complexity index is 535.